The highest BCUT2D eigenvalue weighted by Crippen LogP contribution is 2.38. The Bertz CT molecular complexity index is 1250. The van der Waals surface area contributed by atoms with Crippen molar-refractivity contribution in [3.8, 4) is 0 Å². The predicted molar refractivity (Wildman–Crippen MR) is 121 cm³/mol. The molecule has 0 N–H and O–H groups in total. The Balaban J connectivity index is 1.87. The van der Waals surface area contributed by atoms with Crippen molar-refractivity contribution in [3.63, 3.8) is 0 Å². The highest BCUT2D eigenvalue weighted by Gasteiger charge is 2.42. The lowest BCUT2D eigenvalue weighted by Gasteiger charge is -2.28. The number of non-ortho nitro benzene ring substituents is 1. The number of carbonyl (C=O) groups excluding carboxylic acids is 1. The second-order valence-corrected chi connectivity index (χ2v) is 8.03. The smallest absolute Gasteiger partial charge is 0.290 e. The standard InChI is InChI=1S/C23H22ClN3O5/c1-3-25(4-2)11-12-26-20(14-5-8-16(9-6-14)27(30)31)19-21(28)17-13-15(24)7-10-18(17)32-22(19)23(26)29/h5-10,13,20H,3-4,11-12H2,1-2H3. The van der Waals surface area contributed by atoms with Crippen molar-refractivity contribution in [2.75, 3.05) is 26.2 Å². The maximum atomic E-state index is 13.5. The molecule has 166 valence electrons. The normalized spacial score (nSPS) is 15.6. The van der Waals surface area contributed by atoms with Crippen LogP contribution in [0.4, 0.5) is 5.69 Å². The Morgan fingerprint density at radius 3 is 2.44 bits per heavy atom. The average Bonchev–Trinajstić information content (AvgIpc) is 3.07. The summed E-state index contributed by atoms with van der Waals surface area (Å²) in [6.45, 7) is 6.73. The third-order valence-corrected chi connectivity index (χ3v) is 6.13. The van der Waals surface area contributed by atoms with E-state index in [4.69, 9.17) is 16.0 Å². The van der Waals surface area contributed by atoms with Crippen LogP contribution in [0.3, 0.4) is 0 Å². The molecule has 32 heavy (non-hydrogen) atoms. The van der Waals surface area contributed by atoms with Crippen molar-refractivity contribution in [3.05, 3.63) is 84.7 Å². The number of nitrogens with zero attached hydrogens (tertiary/aromatic N) is 3. The van der Waals surface area contributed by atoms with Crippen molar-refractivity contribution in [1.82, 2.24) is 9.80 Å². The number of nitro groups is 1. The number of carbonyl (C=O) groups is 1. The van der Waals surface area contributed by atoms with Crippen molar-refractivity contribution >= 4 is 34.2 Å². The summed E-state index contributed by atoms with van der Waals surface area (Å²) in [6.07, 6.45) is 0. The lowest BCUT2D eigenvalue weighted by molar-refractivity contribution is -0.384. The number of hydrogen-bond donors (Lipinski definition) is 0. The number of rotatable bonds is 7. The van der Waals surface area contributed by atoms with E-state index in [2.05, 4.69) is 4.90 Å². The SMILES string of the molecule is CCN(CC)CCN1C(=O)c2oc3ccc(Cl)cc3c(=O)c2C1c1ccc([N+](=O)[O-])cc1. The first kappa shape index (κ1) is 22.0. The van der Waals surface area contributed by atoms with Gasteiger partial charge in [0.05, 0.1) is 21.9 Å². The average molecular weight is 456 g/mol. The molecule has 2 aromatic carbocycles. The summed E-state index contributed by atoms with van der Waals surface area (Å²) >= 11 is 6.09. The minimum absolute atomic E-state index is 0.00715. The van der Waals surface area contributed by atoms with Gasteiger partial charge in [0.25, 0.3) is 11.6 Å². The largest absolute Gasteiger partial charge is 0.450 e. The minimum Gasteiger partial charge on any atom is -0.450 e. The van der Waals surface area contributed by atoms with Gasteiger partial charge in [-0.2, -0.15) is 0 Å². The highest BCUT2D eigenvalue weighted by molar-refractivity contribution is 6.31. The van der Waals surface area contributed by atoms with Gasteiger partial charge in [0.1, 0.15) is 5.58 Å². The van der Waals surface area contributed by atoms with Gasteiger partial charge in [-0.25, -0.2) is 0 Å². The first-order valence-electron chi connectivity index (χ1n) is 10.4. The Morgan fingerprint density at radius 1 is 1.12 bits per heavy atom. The second-order valence-electron chi connectivity index (χ2n) is 7.59. The number of amides is 1. The molecule has 4 rings (SSSR count). The van der Waals surface area contributed by atoms with Gasteiger partial charge in [-0.15, -0.1) is 0 Å². The van der Waals surface area contributed by atoms with Crippen molar-refractivity contribution in [2.45, 2.75) is 19.9 Å². The predicted octanol–water partition coefficient (Wildman–Crippen LogP) is 4.24. The Morgan fingerprint density at radius 2 is 1.81 bits per heavy atom. The van der Waals surface area contributed by atoms with Gasteiger partial charge in [-0.05, 0) is 49.0 Å². The first-order valence-corrected chi connectivity index (χ1v) is 10.8. The van der Waals surface area contributed by atoms with E-state index in [9.17, 15) is 19.7 Å². The van der Waals surface area contributed by atoms with Crippen LogP contribution in [0.1, 0.15) is 41.6 Å². The molecule has 0 bridgehead atoms. The van der Waals surface area contributed by atoms with E-state index >= 15 is 0 Å². The fourth-order valence-electron chi connectivity index (χ4n) is 4.14. The molecule has 0 fully saturated rings. The van der Waals surface area contributed by atoms with Gasteiger partial charge in [0, 0.05) is 30.2 Å². The van der Waals surface area contributed by atoms with Crippen molar-refractivity contribution in [1.29, 1.82) is 0 Å². The lowest BCUT2D eigenvalue weighted by Crippen LogP contribution is -2.37. The van der Waals surface area contributed by atoms with Crippen LogP contribution in [0.15, 0.2) is 51.7 Å². The second kappa shape index (κ2) is 8.72. The molecule has 0 saturated carbocycles. The van der Waals surface area contributed by atoms with Gasteiger partial charge in [-0.1, -0.05) is 25.4 Å². The zero-order valence-corrected chi connectivity index (χ0v) is 18.5. The third kappa shape index (κ3) is 3.76. The Hall–Kier alpha value is -3.23. The number of hydrogen-bond acceptors (Lipinski definition) is 6. The molecule has 0 radical (unpaired) electrons. The third-order valence-electron chi connectivity index (χ3n) is 5.90. The quantitative estimate of drug-likeness (QED) is 0.390. The summed E-state index contributed by atoms with van der Waals surface area (Å²) in [5.74, 6) is -0.364. The number of nitro benzene ring substituents is 1. The van der Waals surface area contributed by atoms with Crippen LogP contribution in [0, 0.1) is 10.1 Å². The molecule has 1 amide bonds. The lowest BCUT2D eigenvalue weighted by atomic mass is 9.98. The van der Waals surface area contributed by atoms with Crippen LogP contribution in [-0.4, -0.2) is 46.8 Å². The number of fused-ring (bicyclic) bond motifs is 2. The Labute approximate surface area is 189 Å². The number of benzene rings is 2. The summed E-state index contributed by atoms with van der Waals surface area (Å²) < 4.78 is 5.88. The van der Waals surface area contributed by atoms with Gasteiger partial charge in [0.2, 0.25) is 5.76 Å². The molecule has 8 nitrogen and oxygen atoms in total. The summed E-state index contributed by atoms with van der Waals surface area (Å²) in [6, 6.07) is 9.91. The molecule has 1 aromatic heterocycles. The van der Waals surface area contributed by atoms with Gasteiger partial charge < -0.3 is 14.2 Å². The summed E-state index contributed by atoms with van der Waals surface area (Å²) in [5, 5.41) is 11.8. The molecule has 0 spiro atoms. The van der Waals surface area contributed by atoms with Crippen molar-refractivity contribution < 1.29 is 14.1 Å². The van der Waals surface area contributed by atoms with Gasteiger partial charge in [0.15, 0.2) is 5.43 Å². The van der Waals surface area contributed by atoms with Crippen LogP contribution >= 0.6 is 11.6 Å². The molecule has 2 heterocycles. The van der Waals surface area contributed by atoms with Crippen LogP contribution in [0.5, 0.6) is 0 Å². The van der Waals surface area contributed by atoms with E-state index in [0.717, 1.165) is 13.1 Å². The van der Waals surface area contributed by atoms with Gasteiger partial charge in [-0.3, -0.25) is 19.7 Å². The monoisotopic (exact) mass is 455 g/mol. The van der Waals surface area contributed by atoms with Crippen LogP contribution in [0.2, 0.25) is 5.02 Å². The van der Waals surface area contributed by atoms with E-state index in [-0.39, 0.29) is 28.3 Å². The molecular formula is C23H22ClN3O5. The first-order chi connectivity index (χ1) is 15.3. The minimum atomic E-state index is -0.700. The Kier molecular flexibility index (Phi) is 5.99. The van der Waals surface area contributed by atoms with Gasteiger partial charge >= 0.3 is 0 Å². The summed E-state index contributed by atoms with van der Waals surface area (Å²) in [4.78, 5) is 41.2. The summed E-state index contributed by atoms with van der Waals surface area (Å²) in [7, 11) is 0. The number of likely N-dealkylation sites (N-methyl/N-ethyl adjacent to an activating group) is 1. The highest BCUT2D eigenvalue weighted by atomic mass is 35.5. The molecule has 3 aromatic rings. The molecule has 9 heteroatoms. The summed E-state index contributed by atoms with van der Waals surface area (Å²) in [5.41, 5.74) is 0.741. The number of halogens is 1. The fraction of sp³-hybridized carbons (Fsp3) is 0.304. The topological polar surface area (TPSA) is 96.9 Å². The molecule has 1 aliphatic rings. The van der Waals surface area contributed by atoms with Crippen molar-refractivity contribution in [2.24, 2.45) is 0 Å². The molecule has 1 atom stereocenters. The van der Waals surface area contributed by atoms with Crippen LogP contribution < -0.4 is 5.43 Å². The van der Waals surface area contributed by atoms with Crippen LogP contribution in [-0.2, 0) is 0 Å². The van der Waals surface area contributed by atoms with E-state index < -0.39 is 11.0 Å². The van der Waals surface area contributed by atoms with E-state index in [1.807, 2.05) is 13.8 Å². The van der Waals surface area contributed by atoms with E-state index in [1.54, 1.807) is 29.2 Å². The fourth-order valence-corrected chi connectivity index (χ4v) is 4.31. The zero-order valence-electron chi connectivity index (χ0n) is 17.7. The zero-order chi connectivity index (χ0) is 23.0. The molecule has 1 aliphatic heterocycles. The van der Waals surface area contributed by atoms with Crippen LogP contribution in [0.25, 0.3) is 11.0 Å². The molecule has 0 saturated heterocycles. The molecular weight excluding hydrogens is 434 g/mol. The maximum Gasteiger partial charge on any atom is 0.290 e. The molecule has 1 unspecified atom stereocenters. The molecule has 0 aliphatic carbocycles. The van der Waals surface area contributed by atoms with E-state index in [0.29, 0.717) is 34.6 Å². The van der Waals surface area contributed by atoms with E-state index in [1.165, 1.54) is 18.2 Å². The maximum absolute atomic E-state index is 13.5.